The van der Waals surface area contributed by atoms with Crippen molar-refractivity contribution in [2.75, 3.05) is 33.7 Å². The maximum Gasteiger partial charge on any atom is 0.0353 e. The first-order valence-corrected chi connectivity index (χ1v) is 7.81. The van der Waals surface area contributed by atoms with E-state index < -0.39 is 0 Å². The van der Waals surface area contributed by atoms with Crippen molar-refractivity contribution in [3.63, 3.8) is 0 Å². The average molecular weight is 253 g/mol. The van der Waals surface area contributed by atoms with Gasteiger partial charge in [-0.3, -0.25) is 4.90 Å². The Morgan fingerprint density at radius 3 is 2.33 bits per heavy atom. The van der Waals surface area contributed by atoms with Crippen LogP contribution in [0.4, 0.5) is 0 Å². The number of nitrogens with one attached hydrogen (secondary N) is 1. The van der Waals surface area contributed by atoms with Crippen molar-refractivity contribution in [1.82, 2.24) is 15.1 Å². The van der Waals surface area contributed by atoms with Crippen molar-refractivity contribution in [2.45, 2.75) is 63.6 Å². The van der Waals surface area contributed by atoms with Crippen LogP contribution in [-0.2, 0) is 0 Å². The Kier molecular flexibility index (Phi) is 5.46. The van der Waals surface area contributed by atoms with Crippen molar-refractivity contribution >= 4 is 0 Å². The smallest absolute Gasteiger partial charge is 0.0353 e. The molecule has 2 aliphatic rings. The van der Waals surface area contributed by atoms with Gasteiger partial charge in [-0.2, -0.15) is 0 Å². The molecule has 106 valence electrons. The summed E-state index contributed by atoms with van der Waals surface area (Å²) in [5.41, 5.74) is 0. The first kappa shape index (κ1) is 14.3. The van der Waals surface area contributed by atoms with Crippen LogP contribution < -0.4 is 5.32 Å². The van der Waals surface area contributed by atoms with E-state index in [9.17, 15) is 0 Å². The largest absolute Gasteiger partial charge is 0.314 e. The lowest BCUT2D eigenvalue weighted by Gasteiger charge is -2.46. The molecule has 1 saturated heterocycles. The SMILES string of the molecule is CC1CNCC(CN(C)C)N1C1CCCCCC1. The van der Waals surface area contributed by atoms with Crippen molar-refractivity contribution in [1.29, 1.82) is 0 Å². The van der Waals surface area contributed by atoms with Gasteiger partial charge < -0.3 is 10.2 Å². The normalized spacial score (nSPS) is 32.7. The molecule has 1 aliphatic heterocycles. The molecule has 0 spiro atoms. The zero-order valence-corrected chi connectivity index (χ0v) is 12.5. The van der Waals surface area contributed by atoms with Crippen LogP contribution in [0, 0.1) is 0 Å². The number of nitrogens with zero attached hydrogens (tertiary/aromatic N) is 2. The number of likely N-dealkylation sites (N-methyl/N-ethyl adjacent to an activating group) is 1. The summed E-state index contributed by atoms with van der Waals surface area (Å²) in [7, 11) is 4.40. The minimum Gasteiger partial charge on any atom is -0.314 e. The van der Waals surface area contributed by atoms with Crippen LogP contribution in [0.25, 0.3) is 0 Å². The maximum absolute atomic E-state index is 3.61. The van der Waals surface area contributed by atoms with E-state index in [4.69, 9.17) is 0 Å². The van der Waals surface area contributed by atoms with Gasteiger partial charge in [0.15, 0.2) is 0 Å². The lowest BCUT2D eigenvalue weighted by atomic mass is 9.99. The molecule has 3 nitrogen and oxygen atoms in total. The van der Waals surface area contributed by atoms with Crippen molar-refractivity contribution < 1.29 is 0 Å². The quantitative estimate of drug-likeness (QED) is 0.776. The molecule has 2 atom stereocenters. The third kappa shape index (κ3) is 3.69. The van der Waals surface area contributed by atoms with Gasteiger partial charge in [-0.05, 0) is 33.9 Å². The molecule has 0 aromatic heterocycles. The number of hydrogen-bond donors (Lipinski definition) is 1. The highest BCUT2D eigenvalue weighted by Gasteiger charge is 2.33. The molecule has 0 aromatic rings. The van der Waals surface area contributed by atoms with Crippen molar-refractivity contribution in [3.8, 4) is 0 Å². The molecule has 0 radical (unpaired) electrons. The highest BCUT2D eigenvalue weighted by molar-refractivity contribution is 4.91. The van der Waals surface area contributed by atoms with E-state index in [1.165, 1.54) is 58.2 Å². The molecule has 1 aliphatic carbocycles. The second-order valence-electron chi connectivity index (χ2n) is 6.52. The fourth-order valence-corrected chi connectivity index (χ4v) is 3.82. The third-order valence-corrected chi connectivity index (χ3v) is 4.57. The molecule has 0 amide bonds. The lowest BCUT2D eigenvalue weighted by molar-refractivity contribution is 0.0373. The Hall–Kier alpha value is -0.120. The summed E-state index contributed by atoms with van der Waals surface area (Å²) in [6, 6.07) is 2.24. The molecule has 18 heavy (non-hydrogen) atoms. The van der Waals surface area contributed by atoms with E-state index in [1.54, 1.807) is 0 Å². The number of piperazine rings is 1. The van der Waals surface area contributed by atoms with Gasteiger partial charge in [0.1, 0.15) is 0 Å². The number of rotatable bonds is 3. The van der Waals surface area contributed by atoms with Gasteiger partial charge >= 0.3 is 0 Å². The van der Waals surface area contributed by atoms with Gasteiger partial charge in [0.05, 0.1) is 0 Å². The average Bonchev–Trinajstić information content (AvgIpc) is 2.57. The highest BCUT2D eigenvalue weighted by atomic mass is 15.3. The summed E-state index contributed by atoms with van der Waals surface area (Å²) in [4.78, 5) is 5.19. The Balaban J connectivity index is 2.02. The van der Waals surface area contributed by atoms with E-state index in [0.29, 0.717) is 12.1 Å². The van der Waals surface area contributed by atoms with E-state index in [-0.39, 0.29) is 0 Å². The molecule has 0 bridgehead atoms. The van der Waals surface area contributed by atoms with Crippen molar-refractivity contribution in [2.24, 2.45) is 0 Å². The monoisotopic (exact) mass is 253 g/mol. The molecule has 2 rings (SSSR count). The van der Waals surface area contributed by atoms with Crippen LogP contribution in [0.3, 0.4) is 0 Å². The van der Waals surface area contributed by atoms with Gasteiger partial charge in [0.2, 0.25) is 0 Å². The summed E-state index contributed by atoms with van der Waals surface area (Å²) in [5, 5.41) is 3.61. The standard InChI is InChI=1S/C15H31N3/c1-13-10-16-11-15(12-17(2)3)18(13)14-8-6-4-5-7-9-14/h13-16H,4-12H2,1-3H3. The Labute approximate surface area is 113 Å². The summed E-state index contributed by atoms with van der Waals surface area (Å²) in [6.07, 6.45) is 8.64. The van der Waals surface area contributed by atoms with E-state index >= 15 is 0 Å². The molecule has 0 aromatic carbocycles. The molecule has 1 saturated carbocycles. The van der Waals surface area contributed by atoms with E-state index in [0.717, 1.165) is 6.04 Å². The summed E-state index contributed by atoms with van der Waals surface area (Å²) in [6.45, 7) is 5.92. The van der Waals surface area contributed by atoms with Gasteiger partial charge in [-0.1, -0.05) is 25.7 Å². The van der Waals surface area contributed by atoms with Crippen molar-refractivity contribution in [3.05, 3.63) is 0 Å². The van der Waals surface area contributed by atoms with Gasteiger partial charge in [0, 0.05) is 37.8 Å². The van der Waals surface area contributed by atoms with Gasteiger partial charge in [-0.15, -0.1) is 0 Å². The molecule has 2 unspecified atom stereocenters. The Bertz CT molecular complexity index is 232. The molecule has 1 N–H and O–H groups in total. The predicted molar refractivity (Wildman–Crippen MR) is 78.0 cm³/mol. The van der Waals surface area contributed by atoms with Gasteiger partial charge in [0.25, 0.3) is 0 Å². The van der Waals surface area contributed by atoms with Crippen LogP contribution in [0.15, 0.2) is 0 Å². The van der Waals surface area contributed by atoms with Crippen LogP contribution in [-0.4, -0.2) is 61.7 Å². The summed E-state index contributed by atoms with van der Waals surface area (Å²) in [5.74, 6) is 0. The zero-order chi connectivity index (χ0) is 13.0. The van der Waals surface area contributed by atoms with Crippen LogP contribution in [0.2, 0.25) is 0 Å². The van der Waals surface area contributed by atoms with Gasteiger partial charge in [-0.25, -0.2) is 0 Å². The Morgan fingerprint density at radius 1 is 1.06 bits per heavy atom. The fraction of sp³-hybridized carbons (Fsp3) is 1.00. The third-order valence-electron chi connectivity index (χ3n) is 4.57. The highest BCUT2D eigenvalue weighted by Crippen LogP contribution is 2.26. The number of hydrogen-bond acceptors (Lipinski definition) is 3. The second kappa shape index (κ2) is 6.88. The molecule has 2 fully saturated rings. The van der Waals surface area contributed by atoms with Crippen LogP contribution in [0.5, 0.6) is 0 Å². The zero-order valence-electron chi connectivity index (χ0n) is 12.5. The molecule has 1 heterocycles. The first-order chi connectivity index (χ1) is 8.68. The summed E-state index contributed by atoms with van der Waals surface area (Å²) >= 11 is 0. The fourth-order valence-electron chi connectivity index (χ4n) is 3.82. The van der Waals surface area contributed by atoms with E-state index in [2.05, 4.69) is 36.1 Å². The minimum atomic E-state index is 0.701. The molecule has 3 heteroatoms. The lowest BCUT2D eigenvalue weighted by Crippen LogP contribution is -2.62. The van der Waals surface area contributed by atoms with Crippen LogP contribution >= 0.6 is 0 Å². The first-order valence-electron chi connectivity index (χ1n) is 7.81. The predicted octanol–water partition coefficient (Wildman–Crippen LogP) is 1.93. The minimum absolute atomic E-state index is 0.701. The van der Waals surface area contributed by atoms with Crippen LogP contribution in [0.1, 0.15) is 45.4 Å². The van der Waals surface area contributed by atoms with E-state index in [1.807, 2.05) is 0 Å². The topological polar surface area (TPSA) is 18.5 Å². The summed E-state index contributed by atoms with van der Waals surface area (Å²) < 4.78 is 0. The molecular formula is C15H31N3. The second-order valence-corrected chi connectivity index (χ2v) is 6.52. The molecular weight excluding hydrogens is 222 g/mol. The maximum atomic E-state index is 3.61. The Morgan fingerprint density at radius 2 is 1.72 bits per heavy atom.